The highest BCUT2D eigenvalue weighted by Gasteiger charge is 2.16. The Bertz CT molecular complexity index is 381. The van der Waals surface area contributed by atoms with Gasteiger partial charge >= 0.3 is 0 Å². The average Bonchev–Trinajstić information content (AvgIpc) is 2.29. The largest absolute Gasteiger partial charge is 0.249 e. The van der Waals surface area contributed by atoms with E-state index in [9.17, 15) is 8.42 Å². The molecule has 0 aliphatic carbocycles. The molecule has 12 heavy (non-hydrogen) atoms. The number of aryl methyl sites for hydroxylation is 1. The van der Waals surface area contributed by atoms with Gasteiger partial charge in [-0.3, -0.25) is 0 Å². The van der Waals surface area contributed by atoms with Gasteiger partial charge in [0.15, 0.2) is 8.55 Å². The second-order valence-corrected chi connectivity index (χ2v) is 5.91. The van der Waals surface area contributed by atoms with Crippen LogP contribution in [0.3, 0.4) is 0 Å². The molecule has 0 bridgehead atoms. The van der Waals surface area contributed by atoms with Gasteiger partial charge in [0.1, 0.15) is 0 Å². The van der Waals surface area contributed by atoms with Gasteiger partial charge in [-0.25, -0.2) is 18.5 Å². The summed E-state index contributed by atoms with van der Waals surface area (Å²) in [5, 5.41) is 4.96. The lowest BCUT2D eigenvalue weighted by Crippen LogP contribution is -2.11. The summed E-state index contributed by atoms with van der Waals surface area (Å²) in [6.45, 7) is 1.63. The molecule has 7 heteroatoms. The molecule has 0 atom stereocenters. The predicted molar refractivity (Wildman–Crippen MR) is 50.0 cm³/mol. The molecule has 0 aliphatic rings. The molecule has 0 aromatic carbocycles. The Morgan fingerprint density at radius 2 is 2.17 bits per heavy atom. The fourth-order valence-corrected chi connectivity index (χ4v) is 3.37. The zero-order chi connectivity index (χ0) is 9.35. The first-order chi connectivity index (χ1) is 5.45. The Labute approximate surface area is 79.2 Å². The minimum atomic E-state index is -3.58. The van der Waals surface area contributed by atoms with Gasteiger partial charge in [-0.15, -0.1) is 0 Å². The van der Waals surface area contributed by atoms with Crippen molar-refractivity contribution in [2.75, 3.05) is 6.26 Å². The summed E-state index contributed by atoms with van der Waals surface area (Å²) in [7, 11) is -3.58. The molecule has 0 saturated carbocycles. The minimum Gasteiger partial charge on any atom is -0.234 e. The number of sulfonamides is 1. The maximum atomic E-state index is 10.9. The second kappa shape index (κ2) is 3.33. The van der Waals surface area contributed by atoms with Crippen molar-refractivity contribution in [3.8, 4) is 0 Å². The Morgan fingerprint density at radius 3 is 2.42 bits per heavy atom. The Hall–Kier alpha value is -0.110. The summed E-state index contributed by atoms with van der Waals surface area (Å²) >= 11 is 2.51. The molecule has 0 aliphatic heterocycles. The van der Waals surface area contributed by atoms with E-state index in [0.717, 1.165) is 15.7 Å². The lowest BCUT2D eigenvalue weighted by molar-refractivity contribution is 0.599. The number of thiazole rings is 1. The van der Waals surface area contributed by atoms with Crippen LogP contribution in [0, 0.1) is 6.92 Å². The molecule has 68 valence electrons. The third-order valence-electron chi connectivity index (χ3n) is 1.17. The number of nitrogens with zero attached hydrogens (tertiary/aromatic N) is 1. The van der Waals surface area contributed by atoms with Crippen LogP contribution >= 0.6 is 23.1 Å². The van der Waals surface area contributed by atoms with Crippen molar-refractivity contribution in [1.82, 2.24) is 4.98 Å². The van der Waals surface area contributed by atoms with E-state index in [1.54, 1.807) is 6.92 Å². The van der Waals surface area contributed by atoms with Crippen LogP contribution in [0.2, 0.25) is 0 Å². The third kappa shape index (κ3) is 1.98. The van der Waals surface area contributed by atoms with Gasteiger partial charge in [0.05, 0.1) is 5.69 Å². The van der Waals surface area contributed by atoms with Crippen LogP contribution in [-0.4, -0.2) is 19.7 Å². The van der Waals surface area contributed by atoms with Crippen molar-refractivity contribution in [1.29, 1.82) is 0 Å². The van der Waals surface area contributed by atoms with Crippen LogP contribution in [0.4, 0.5) is 0 Å². The van der Waals surface area contributed by atoms with E-state index in [1.165, 1.54) is 11.8 Å². The van der Waals surface area contributed by atoms with E-state index in [-0.39, 0.29) is 4.21 Å². The Balaban J connectivity index is 3.27. The minimum absolute atomic E-state index is 0.159. The highest BCUT2D eigenvalue weighted by Crippen LogP contribution is 2.27. The van der Waals surface area contributed by atoms with Crippen molar-refractivity contribution in [2.24, 2.45) is 5.14 Å². The van der Waals surface area contributed by atoms with Gasteiger partial charge in [0.2, 0.25) is 10.0 Å². The van der Waals surface area contributed by atoms with Crippen molar-refractivity contribution in [3.63, 3.8) is 0 Å². The van der Waals surface area contributed by atoms with Crippen molar-refractivity contribution in [2.45, 2.75) is 15.5 Å². The van der Waals surface area contributed by atoms with Crippen molar-refractivity contribution in [3.05, 3.63) is 5.69 Å². The summed E-state index contributed by atoms with van der Waals surface area (Å²) < 4.78 is 22.7. The standard InChI is InChI=1S/C5H8N2O2S3/c1-3-4(12(6,8)9)11-5(7-3)10-2/h1-2H3,(H2,6,8,9). The number of hydrogen-bond acceptors (Lipinski definition) is 5. The maximum absolute atomic E-state index is 10.9. The molecular formula is C5H8N2O2S3. The molecule has 1 heterocycles. The molecule has 0 radical (unpaired) electrons. The van der Waals surface area contributed by atoms with Gasteiger partial charge in [0, 0.05) is 0 Å². The van der Waals surface area contributed by atoms with Gasteiger partial charge in [0.25, 0.3) is 0 Å². The molecular weight excluding hydrogens is 216 g/mol. The SMILES string of the molecule is CSc1nc(C)c(S(N)(=O)=O)s1. The first-order valence-corrected chi connectivity index (χ1v) is 6.58. The molecule has 0 fully saturated rings. The van der Waals surface area contributed by atoms with Crippen molar-refractivity contribution >= 4 is 33.1 Å². The fourth-order valence-electron chi connectivity index (χ4n) is 0.710. The van der Waals surface area contributed by atoms with Gasteiger partial charge < -0.3 is 0 Å². The first kappa shape index (κ1) is 9.97. The highest BCUT2D eigenvalue weighted by molar-refractivity contribution is 8.00. The average molecular weight is 224 g/mol. The topological polar surface area (TPSA) is 73.0 Å². The quantitative estimate of drug-likeness (QED) is 0.755. The van der Waals surface area contributed by atoms with Crippen LogP contribution in [0.15, 0.2) is 8.55 Å². The monoisotopic (exact) mass is 224 g/mol. The zero-order valence-corrected chi connectivity index (χ0v) is 9.02. The summed E-state index contributed by atoms with van der Waals surface area (Å²) in [6, 6.07) is 0. The lowest BCUT2D eigenvalue weighted by Gasteiger charge is -1.90. The summed E-state index contributed by atoms with van der Waals surface area (Å²) in [5.41, 5.74) is 0.479. The molecule has 4 nitrogen and oxygen atoms in total. The molecule has 1 aromatic rings. The number of primary sulfonamides is 1. The Morgan fingerprint density at radius 1 is 1.58 bits per heavy atom. The lowest BCUT2D eigenvalue weighted by atomic mass is 10.6. The smallest absolute Gasteiger partial charge is 0.234 e. The van der Waals surface area contributed by atoms with E-state index in [1.807, 2.05) is 6.26 Å². The fraction of sp³-hybridized carbons (Fsp3) is 0.400. The van der Waals surface area contributed by atoms with E-state index in [4.69, 9.17) is 5.14 Å². The highest BCUT2D eigenvalue weighted by atomic mass is 32.3. The number of rotatable bonds is 2. The zero-order valence-electron chi connectivity index (χ0n) is 6.57. The summed E-state index contributed by atoms with van der Waals surface area (Å²) in [5.74, 6) is 0. The van der Waals surface area contributed by atoms with Gasteiger partial charge in [-0.1, -0.05) is 23.1 Å². The Kier molecular flexibility index (Phi) is 2.77. The van der Waals surface area contributed by atoms with E-state index in [0.29, 0.717) is 5.69 Å². The van der Waals surface area contributed by atoms with E-state index >= 15 is 0 Å². The normalized spacial score (nSPS) is 11.9. The van der Waals surface area contributed by atoms with Crippen LogP contribution in [0.1, 0.15) is 5.69 Å². The van der Waals surface area contributed by atoms with Crippen LogP contribution in [-0.2, 0) is 10.0 Å². The first-order valence-electron chi connectivity index (χ1n) is 2.99. The molecule has 0 spiro atoms. The maximum Gasteiger partial charge on any atom is 0.249 e. The summed E-state index contributed by atoms with van der Waals surface area (Å²) in [4.78, 5) is 4.02. The van der Waals surface area contributed by atoms with Crippen molar-refractivity contribution < 1.29 is 8.42 Å². The number of thioether (sulfide) groups is 1. The van der Waals surface area contributed by atoms with E-state index in [2.05, 4.69) is 4.98 Å². The van der Waals surface area contributed by atoms with Crippen LogP contribution in [0.5, 0.6) is 0 Å². The second-order valence-electron chi connectivity index (χ2n) is 2.10. The number of hydrogen-bond donors (Lipinski definition) is 1. The predicted octanol–water partition coefficient (Wildman–Crippen LogP) is 0.821. The summed E-state index contributed by atoms with van der Waals surface area (Å²) in [6.07, 6.45) is 1.84. The van der Waals surface area contributed by atoms with Gasteiger partial charge in [-0.2, -0.15) is 0 Å². The molecule has 2 N–H and O–H groups in total. The van der Waals surface area contributed by atoms with E-state index < -0.39 is 10.0 Å². The van der Waals surface area contributed by atoms with Crippen LogP contribution in [0.25, 0.3) is 0 Å². The molecule has 0 unspecified atom stereocenters. The number of aromatic nitrogens is 1. The third-order valence-corrected chi connectivity index (χ3v) is 4.86. The molecule has 0 amide bonds. The number of nitrogens with two attached hydrogens (primary N) is 1. The van der Waals surface area contributed by atoms with Crippen LogP contribution < -0.4 is 5.14 Å². The molecule has 1 rings (SSSR count). The molecule has 1 aromatic heterocycles. The van der Waals surface area contributed by atoms with Gasteiger partial charge in [-0.05, 0) is 13.2 Å². The molecule has 0 saturated heterocycles.